The van der Waals surface area contributed by atoms with Crippen molar-refractivity contribution < 1.29 is 9.47 Å². The third kappa shape index (κ3) is 4.49. The predicted molar refractivity (Wildman–Crippen MR) is 137 cm³/mol. The Balaban J connectivity index is 1.27. The Morgan fingerprint density at radius 2 is 1.83 bits per heavy atom. The minimum absolute atomic E-state index is 0.263. The normalized spacial score (nSPS) is 18.8. The fraction of sp³-hybridized carbons (Fsp3) is 0.357. The van der Waals surface area contributed by atoms with Crippen molar-refractivity contribution >= 4 is 16.9 Å². The molecular formula is C28H31N5O2. The van der Waals surface area contributed by atoms with E-state index in [1.54, 1.807) is 0 Å². The number of hydrogen-bond acceptors (Lipinski definition) is 6. The summed E-state index contributed by atoms with van der Waals surface area (Å²) in [6.07, 6.45) is 8.54. The minimum Gasteiger partial charge on any atom is -0.457 e. The van der Waals surface area contributed by atoms with Gasteiger partial charge in [0.1, 0.15) is 29.3 Å². The highest BCUT2D eigenvalue weighted by Crippen LogP contribution is 2.37. The molecule has 35 heavy (non-hydrogen) atoms. The third-order valence-corrected chi connectivity index (χ3v) is 7.15. The maximum atomic E-state index is 6.34. The van der Waals surface area contributed by atoms with Gasteiger partial charge in [0.05, 0.1) is 18.0 Å². The highest BCUT2D eigenvalue weighted by Gasteiger charge is 2.23. The Morgan fingerprint density at radius 3 is 2.63 bits per heavy atom. The summed E-state index contributed by atoms with van der Waals surface area (Å²) in [6, 6.07) is 16.8. The Bertz CT molecular complexity index is 1300. The molecule has 2 saturated heterocycles. The van der Waals surface area contributed by atoms with Crippen molar-refractivity contribution in [1.82, 2.24) is 19.4 Å². The van der Waals surface area contributed by atoms with E-state index in [9.17, 15) is 0 Å². The van der Waals surface area contributed by atoms with Crippen LogP contribution in [0.5, 0.6) is 11.5 Å². The largest absolute Gasteiger partial charge is 0.457 e. The van der Waals surface area contributed by atoms with Gasteiger partial charge in [0, 0.05) is 30.5 Å². The highest BCUT2D eigenvalue weighted by molar-refractivity contribution is 6.00. The van der Waals surface area contributed by atoms with Crippen LogP contribution in [0.4, 0.5) is 5.82 Å². The van der Waals surface area contributed by atoms with E-state index >= 15 is 0 Å². The van der Waals surface area contributed by atoms with Crippen molar-refractivity contribution in [3.63, 3.8) is 0 Å². The molecule has 2 aromatic carbocycles. The number of nitrogens with two attached hydrogens (primary N) is 1. The summed E-state index contributed by atoms with van der Waals surface area (Å²) < 4.78 is 14.2. The van der Waals surface area contributed by atoms with E-state index in [0.717, 1.165) is 66.3 Å². The lowest BCUT2D eigenvalue weighted by atomic mass is 10.1. The quantitative estimate of drug-likeness (QED) is 0.406. The molecule has 180 valence electrons. The minimum atomic E-state index is 0.263. The lowest BCUT2D eigenvalue weighted by Gasteiger charge is -2.27. The molecule has 0 amide bonds. The topological polar surface area (TPSA) is 78.4 Å². The molecule has 4 aromatic rings. The van der Waals surface area contributed by atoms with Gasteiger partial charge in [-0.25, -0.2) is 9.97 Å². The van der Waals surface area contributed by atoms with Crippen molar-refractivity contribution in [2.45, 2.75) is 38.3 Å². The predicted octanol–water partition coefficient (Wildman–Crippen LogP) is 5.42. The number of ether oxygens (including phenoxy) is 2. The molecule has 0 spiro atoms. The zero-order chi connectivity index (χ0) is 23.6. The van der Waals surface area contributed by atoms with Crippen LogP contribution < -0.4 is 10.5 Å². The number of benzene rings is 2. The van der Waals surface area contributed by atoms with Crippen molar-refractivity contribution in [3.05, 3.63) is 66.6 Å². The average Bonchev–Trinajstić information content (AvgIpc) is 3.55. The summed E-state index contributed by atoms with van der Waals surface area (Å²) in [5.41, 5.74) is 10.5. The standard InChI is InChI=1S/C28H31N5O2/c29-27-26-24(17-33(22-12-15-34-18-22)28(26)31-19-30-27)20-8-10-23(11-9-20)35-25-7-3-2-6-21(25)16-32-13-4-1-5-14-32/h2-3,6-11,17,19,22H,1,4-5,12-16,18H2,(H2,29,30,31). The first-order valence-electron chi connectivity index (χ1n) is 12.5. The highest BCUT2D eigenvalue weighted by atomic mass is 16.5. The number of nitrogen functional groups attached to an aromatic ring is 1. The summed E-state index contributed by atoms with van der Waals surface area (Å²) in [5.74, 6) is 2.23. The molecule has 2 aliphatic rings. The number of fused-ring (bicyclic) bond motifs is 1. The van der Waals surface area contributed by atoms with Gasteiger partial charge < -0.3 is 19.8 Å². The fourth-order valence-electron chi connectivity index (χ4n) is 5.27. The molecule has 6 rings (SSSR count). The van der Waals surface area contributed by atoms with E-state index in [1.165, 1.54) is 31.2 Å². The van der Waals surface area contributed by atoms with Crippen LogP contribution in [-0.4, -0.2) is 45.7 Å². The second-order valence-electron chi connectivity index (χ2n) is 9.50. The van der Waals surface area contributed by atoms with Crippen LogP contribution in [0.2, 0.25) is 0 Å². The Hall–Kier alpha value is -3.42. The van der Waals surface area contributed by atoms with Gasteiger partial charge in [0.2, 0.25) is 0 Å². The Labute approximate surface area is 205 Å². The molecule has 0 aliphatic carbocycles. The van der Waals surface area contributed by atoms with E-state index in [0.29, 0.717) is 12.4 Å². The summed E-state index contributed by atoms with van der Waals surface area (Å²) >= 11 is 0. The number of hydrogen-bond donors (Lipinski definition) is 1. The number of rotatable bonds is 6. The average molecular weight is 470 g/mol. The second kappa shape index (κ2) is 9.68. The number of piperidine rings is 1. The van der Waals surface area contributed by atoms with Crippen LogP contribution in [0.25, 0.3) is 22.2 Å². The van der Waals surface area contributed by atoms with Crippen LogP contribution in [0, 0.1) is 0 Å². The number of para-hydroxylation sites is 1. The van der Waals surface area contributed by atoms with Crippen molar-refractivity contribution in [1.29, 1.82) is 0 Å². The summed E-state index contributed by atoms with van der Waals surface area (Å²) in [6.45, 7) is 4.72. The Morgan fingerprint density at radius 1 is 1.00 bits per heavy atom. The summed E-state index contributed by atoms with van der Waals surface area (Å²) in [4.78, 5) is 11.3. The maximum Gasteiger partial charge on any atom is 0.146 e. The zero-order valence-electron chi connectivity index (χ0n) is 19.9. The fourth-order valence-corrected chi connectivity index (χ4v) is 5.27. The third-order valence-electron chi connectivity index (χ3n) is 7.15. The monoisotopic (exact) mass is 469 g/mol. The smallest absolute Gasteiger partial charge is 0.146 e. The molecule has 4 heterocycles. The van der Waals surface area contributed by atoms with Gasteiger partial charge in [0.15, 0.2) is 0 Å². The first-order valence-corrected chi connectivity index (χ1v) is 12.5. The van der Waals surface area contributed by atoms with Gasteiger partial charge in [-0.3, -0.25) is 4.90 Å². The van der Waals surface area contributed by atoms with Gasteiger partial charge in [-0.2, -0.15) is 0 Å². The lowest BCUT2D eigenvalue weighted by molar-refractivity contribution is 0.187. The molecule has 2 fully saturated rings. The number of aromatic nitrogens is 3. The molecule has 2 aromatic heterocycles. The van der Waals surface area contributed by atoms with Gasteiger partial charge in [-0.15, -0.1) is 0 Å². The molecule has 0 radical (unpaired) electrons. The first kappa shape index (κ1) is 22.1. The maximum absolute atomic E-state index is 6.34. The first-order chi connectivity index (χ1) is 17.3. The molecule has 1 atom stereocenters. The van der Waals surface area contributed by atoms with Crippen molar-refractivity contribution in [3.8, 4) is 22.6 Å². The van der Waals surface area contributed by atoms with Crippen LogP contribution in [0.3, 0.4) is 0 Å². The molecule has 0 bridgehead atoms. The molecule has 2 N–H and O–H groups in total. The Kier molecular flexibility index (Phi) is 6.10. The molecule has 1 unspecified atom stereocenters. The lowest BCUT2D eigenvalue weighted by Crippen LogP contribution is -2.29. The molecule has 7 nitrogen and oxygen atoms in total. The zero-order valence-corrected chi connectivity index (χ0v) is 19.9. The van der Waals surface area contributed by atoms with Crippen molar-refractivity contribution in [2.24, 2.45) is 0 Å². The molecular weight excluding hydrogens is 438 g/mol. The number of nitrogens with zero attached hydrogens (tertiary/aromatic N) is 4. The second-order valence-corrected chi connectivity index (χ2v) is 9.50. The number of anilines is 1. The van der Waals surface area contributed by atoms with Crippen molar-refractivity contribution in [2.75, 3.05) is 32.0 Å². The molecule has 0 saturated carbocycles. The summed E-state index contributed by atoms with van der Waals surface area (Å²) in [5, 5.41) is 0.889. The SMILES string of the molecule is Nc1ncnc2c1c(-c1ccc(Oc3ccccc3CN3CCCCC3)cc1)cn2C1CCOC1. The van der Waals surface area contributed by atoms with E-state index in [-0.39, 0.29) is 6.04 Å². The van der Waals surface area contributed by atoms with Gasteiger partial charge >= 0.3 is 0 Å². The molecule has 2 aliphatic heterocycles. The van der Waals surface area contributed by atoms with Gasteiger partial charge in [-0.1, -0.05) is 36.8 Å². The summed E-state index contributed by atoms with van der Waals surface area (Å²) in [7, 11) is 0. The molecule has 7 heteroatoms. The van der Waals surface area contributed by atoms with E-state index < -0.39 is 0 Å². The van der Waals surface area contributed by atoms with Crippen LogP contribution in [-0.2, 0) is 11.3 Å². The van der Waals surface area contributed by atoms with E-state index in [2.05, 4.69) is 56.0 Å². The van der Waals surface area contributed by atoms with Gasteiger partial charge in [-0.05, 0) is 56.1 Å². The van der Waals surface area contributed by atoms with Gasteiger partial charge in [0.25, 0.3) is 0 Å². The van der Waals surface area contributed by atoms with Crippen LogP contribution in [0.1, 0.15) is 37.3 Å². The van der Waals surface area contributed by atoms with E-state index in [4.69, 9.17) is 15.2 Å². The van der Waals surface area contributed by atoms with Crippen LogP contribution in [0.15, 0.2) is 61.1 Å². The van der Waals surface area contributed by atoms with E-state index in [1.807, 2.05) is 18.2 Å². The number of likely N-dealkylation sites (tertiary alicyclic amines) is 1. The van der Waals surface area contributed by atoms with Crippen LogP contribution >= 0.6 is 0 Å².